The van der Waals surface area contributed by atoms with Gasteiger partial charge in [0.25, 0.3) is 11.8 Å². The van der Waals surface area contributed by atoms with Crippen LogP contribution in [0.1, 0.15) is 22.3 Å². The molecule has 0 atom stereocenters. The zero-order chi connectivity index (χ0) is 22.1. The molecule has 0 radical (unpaired) electrons. The van der Waals surface area contributed by atoms with E-state index in [0.29, 0.717) is 17.4 Å². The van der Waals surface area contributed by atoms with Gasteiger partial charge in [-0.15, -0.1) is 11.8 Å². The Bertz CT molecular complexity index is 1220. The number of aryl methyl sites for hydroxylation is 2. The van der Waals surface area contributed by atoms with Crippen LogP contribution in [-0.2, 0) is 15.3 Å². The third-order valence-corrected chi connectivity index (χ3v) is 6.21. The molecule has 0 saturated heterocycles. The first-order valence-electron chi connectivity index (χ1n) is 9.69. The number of nitrogens with zero attached hydrogens (tertiary/aromatic N) is 1. The van der Waals surface area contributed by atoms with Crippen LogP contribution in [0.3, 0.4) is 0 Å². The average Bonchev–Trinajstić information content (AvgIpc) is 2.97. The number of anilines is 1. The van der Waals surface area contributed by atoms with Gasteiger partial charge in [-0.3, -0.25) is 9.59 Å². The van der Waals surface area contributed by atoms with Gasteiger partial charge in [0.15, 0.2) is 0 Å². The summed E-state index contributed by atoms with van der Waals surface area (Å²) in [6, 6.07) is 18.0. The quantitative estimate of drug-likeness (QED) is 0.476. The van der Waals surface area contributed by atoms with Crippen LogP contribution in [0.5, 0.6) is 0 Å². The van der Waals surface area contributed by atoms with Crippen LogP contribution in [0, 0.1) is 25.5 Å². The minimum absolute atomic E-state index is 0.243. The summed E-state index contributed by atoms with van der Waals surface area (Å²) in [5.74, 6) is -2.48. The van der Waals surface area contributed by atoms with Crippen molar-refractivity contribution in [3.63, 3.8) is 0 Å². The molecule has 0 unspecified atom stereocenters. The number of carbonyl (C=O) groups excluding carboxylic acids is 2. The predicted molar refractivity (Wildman–Crippen MR) is 119 cm³/mol. The Hall–Kier alpha value is -3.25. The number of benzene rings is 3. The Labute approximate surface area is 183 Å². The smallest absolute Gasteiger partial charge is 0.268 e. The van der Waals surface area contributed by atoms with Crippen molar-refractivity contribution in [3.05, 3.63) is 106 Å². The molecule has 0 aliphatic carbocycles. The van der Waals surface area contributed by atoms with Crippen molar-refractivity contribution in [2.24, 2.45) is 0 Å². The summed E-state index contributed by atoms with van der Waals surface area (Å²) < 4.78 is 27.9. The highest BCUT2D eigenvalue weighted by atomic mass is 32.2. The van der Waals surface area contributed by atoms with E-state index >= 15 is 0 Å². The zero-order valence-corrected chi connectivity index (χ0v) is 17.8. The molecule has 1 aliphatic heterocycles. The van der Waals surface area contributed by atoms with E-state index in [0.717, 1.165) is 33.7 Å². The van der Waals surface area contributed by atoms with Gasteiger partial charge >= 0.3 is 0 Å². The van der Waals surface area contributed by atoms with Crippen molar-refractivity contribution in [1.82, 2.24) is 0 Å². The summed E-state index contributed by atoms with van der Waals surface area (Å²) in [6.07, 6.45) is 0. The molecule has 0 saturated carbocycles. The third-order valence-electron chi connectivity index (χ3n) is 5.07. The Morgan fingerprint density at radius 2 is 1.61 bits per heavy atom. The van der Waals surface area contributed by atoms with Gasteiger partial charge in [-0.05, 0) is 42.7 Å². The molecule has 1 aliphatic rings. The van der Waals surface area contributed by atoms with E-state index in [1.54, 1.807) is 6.07 Å². The fourth-order valence-electron chi connectivity index (χ4n) is 3.59. The molecular formula is C25H19F2NO2S. The van der Waals surface area contributed by atoms with Crippen LogP contribution in [0.15, 0.2) is 71.6 Å². The number of carbonyl (C=O) groups is 2. The molecule has 4 rings (SSSR count). The maximum atomic E-state index is 14.5. The van der Waals surface area contributed by atoms with Gasteiger partial charge < -0.3 is 0 Å². The predicted octanol–water partition coefficient (Wildman–Crippen LogP) is 5.80. The molecular weight excluding hydrogens is 416 g/mol. The van der Waals surface area contributed by atoms with E-state index < -0.39 is 23.4 Å². The highest BCUT2D eigenvalue weighted by Crippen LogP contribution is 2.41. The Kier molecular flexibility index (Phi) is 5.74. The zero-order valence-electron chi connectivity index (χ0n) is 17.0. The average molecular weight is 435 g/mol. The van der Waals surface area contributed by atoms with Crippen molar-refractivity contribution < 1.29 is 18.4 Å². The number of hydrogen-bond donors (Lipinski definition) is 0. The normalized spacial score (nSPS) is 14.0. The van der Waals surface area contributed by atoms with Crippen molar-refractivity contribution in [2.45, 2.75) is 19.6 Å². The molecule has 156 valence electrons. The van der Waals surface area contributed by atoms with Crippen LogP contribution in [-0.4, -0.2) is 11.8 Å². The maximum absolute atomic E-state index is 14.5. The molecule has 0 N–H and O–H groups in total. The standard InChI is InChI=1S/C25H19F2NO2S/c1-15-8-10-19(16(2)12-15)22-23(31-14-17-6-4-3-5-7-17)25(30)28(24(22)29)21-11-9-18(26)13-20(21)27/h3-13H,14H2,1-2H3. The minimum Gasteiger partial charge on any atom is -0.268 e. The van der Waals surface area contributed by atoms with Crippen LogP contribution in [0.2, 0.25) is 0 Å². The van der Waals surface area contributed by atoms with Gasteiger partial charge in [-0.25, -0.2) is 13.7 Å². The Balaban J connectivity index is 1.80. The summed E-state index contributed by atoms with van der Waals surface area (Å²) in [5, 5.41) is 0. The lowest BCUT2D eigenvalue weighted by Gasteiger charge is -2.16. The first-order chi connectivity index (χ1) is 14.9. The number of halogens is 2. The fraction of sp³-hybridized carbons (Fsp3) is 0.120. The number of rotatable bonds is 5. The summed E-state index contributed by atoms with van der Waals surface area (Å²) in [7, 11) is 0. The second-order valence-corrected chi connectivity index (χ2v) is 8.32. The van der Waals surface area contributed by atoms with Crippen LogP contribution >= 0.6 is 11.8 Å². The first-order valence-corrected chi connectivity index (χ1v) is 10.7. The van der Waals surface area contributed by atoms with Crippen molar-refractivity contribution in [1.29, 1.82) is 0 Å². The van der Waals surface area contributed by atoms with E-state index in [4.69, 9.17) is 0 Å². The van der Waals surface area contributed by atoms with E-state index in [-0.39, 0.29) is 16.2 Å². The first kappa shape index (κ1) is 21.0. The van der Waals surface area contributed by atoms with Crippen LogP contribution < -0.4 is 4.90 Å². The summed E-state index contributed by atoms with van der Waals surface area (Å²) in [4.78, 5) is 27.7. The Morgan fingerprint density at radius 3 is 2.29 bits per heavy atom. The van der Waals surface area contributed by atoms with Gasteiger partial charge in [0.2, 0.25) is 0 Å². The summed E-state index contributed by atoms with van der Waals surface area (Å²) in [5.41, 5.74) is 3.48. The van der Waals surface area contributed by atoms with Gasteiger partial charge in [-0.2, -0.15) is 0 Å². The van der Waals surface area contributed by atoms with E-state index in [9.17, 15) is 18.4 Å². The van der Waals surface area contributed by atoms with E-state index in [1.807, 2.05) is 56.3 Å². The van der Waals surface area contributed by atoms with Gasteiger partial charge in [-0.1, -0.05) is 54.1 Å². The molecule has 31 heavy (non-hydrogen) atoms. The SMILES string of the molecule is Cc1ccc(C2=C(SCc3ccccc3)C(=O)N(c3ccc(F)cc3F)C2=O)c(C)c1. The number of imide groups is 1. The molecule has 0 aromatic heterocycles. The van der Waals surface area contributed by atoms with Gasteiger partial charge in [0, 0.05) is 11.8 Å². The lowest BCUT2D eigenvalue weighted by atomic mass is 9.99. The van der Waals surface area contributed by atoms with Crippen molar-refractivity contribution >= 4 is 34.8 Å². The molecule has 3 aromatic carbocycles. The molecule has 6 heteroatoms. The summed E-state index contributed by atoms with van der Waals surface area (Å²) in [6.45, 7) is 3.81. The molecule has 2 amide bonds. The van der Waals surface area contributed by atoms with Crippen molar-refractivity contribution in [3.8, 4) is 0 Å². The minimum atomic E-state index is -0.962. The highest BCUT2D eigenvalue weighted by Gasteiger charge is 2.41. The molecule has 3 aromatic rings. The molecule has 1 heterocycles. The second-order valence-electron chi connectivity index (χ2n) is 7.34. The van der Waals surface area contributed by atoms with E-state index in [1.165, 1.54) is 11.8 Å². The fourth-order valence-corrected chi connectivity index (χ4v) is 4.65. The third kappa shape index (κ3) is 4.03. The van der Waals surface area contributed by atoms with Gasteiger partial charge in [0.1, 0.15) is 11.6 Å². The number of hydrogen-bond acceptors (Lipinski definition) is 3. The lowest BCUT2D eigenvalue weighted by molar-refractivity contribution is -0.119. The molecule has 0 fully saturated rings. The van der Waals surface area contributed by atoms with E-state index in [2.05, 4.69) is 0 Å². The molecule has 0 spiro atoms. The molecule has 3 nitrogen and oxygen atoms in total. The monoisotopic (exact) mass is 435 g/mol. The molecule has 0 bridgehead atoms. The largest absolute Gasteiger partial charge is 0.272 e. The maximum Gasteiger partial charge on any atom is 0.272 e. The number of thioether (sulfide) groups is 1. The number of amides is 2. The Morgan fingerprint density at radius 1 is 0.871 bits per heavy atom. The highest BCUT2D eigenvalue weighted by molar-refractivity contribution is 8.03. The topological polar surface area (TPSA) is 37.4 Å². The van der Waals surface area contributed by atoms with Gasteiger partial charge in [0.05, 0.1) is 16.2 Å². The lowest BCUT2D eigenvalue weighted by Crippen LogP contribution is -2.32. The second kappa shape index (κ2) is 8.47. The van der Waals surface area contributed by atoms with Crippen molar-refractivity contribution in [2.75, 3.05) is 4.90 Å². The van der Waals surface area contributed by atoms with Crippen LogP contribution in [0.25, 0.3) is 5.57 Å². The van der Waals surface area contributed by atoms with Crippen LogP contribution in [0.4, 0.5) is 14.5 Å². The summed E-state index contributed by atoms with van der Waals surface area (Å²) >= 11 is 1.24.